The topological polar surface area (TPSA) is 110 Å². The Morgan fingerprint density at radius 3 is 2.74 bits per heavy atom. The lowest BCUT2D eigenvalue weighted by Gasteiger charge is -2.11. The van der Waals surface area contributed by atoms with Gasteiger partial charge in [-0.25, -0.2) is 22.4 Å². The molecular formula is C17H20N6O3S. The second-order valence-electron chi connectivity index (χ2n) is 6.12. The van der Waals surface area contributed by atoms with Gasteiger partial charge in [0.1, 0.15) is 11.3 Å². The molecule has 0 aliphatic carbocycles. The fourth-order valence-corrected chi connectivity index (χ4v) is 3.44. The van der Waals surface area contributed by atoms with Gasteiger partial charge in [-0.1, -0.05) is 11.3 Å². The molecule has 3 aromatic rings. The van der Waals surface area contributed by atoms with Crippen LogP contribution in [0.5, 0.6) is 0 Å². The minimum absolute atomic E-state index is 0.127. The van der Waals surface area contributed by atoms with Crippen molar-refractivity contribution in [2.24, 2.45) is 0 Å². The molecular weight excluding hydrogens is 368 g/mol. The SMILES string of the molecule is CN(C)S(=O)(=O)c1ccc2c(c1)nnn2CCCC(=O)Nc1ccccn1. The zero-order valence-electron chi connectivity index (χ0n) is 15.0. The molecule has 0 unspecified atom stereocenters. The third-order valence-electron chi connectivity index (χ3n) is 3.97. The molecule has 1 N–H and O–H groups in total. The van der Waals surface area contributed by atoms with E-state index in [1.54, 1.807) is 35.1 Å². The van der Waals surface area contributed by atoms with Crippen LogP contribution in [0.4, 0.5) is 5.82 Å². The molecule has 9 nitrogen and oxygen atoms in total. The Morgan fingerprint density at radius 1 is 1.22 bits per heavy atom. The van der Waals surface area contributed by atoms with Crippen LogP contribution in [0.1, 0.15) is 12.8 Å². The number of amides is 1. The van der Waals surface area contributed by atoms with Gasteiger partial charge in [0.05, 0.1) is 10.4 Å². The molecule has 2 heterocycles. The Kier molecular flexibility index (Phi) is 5.47. The third kappa shape index (κ3) is 4.29. The first kappa shape index (κ1) is 18.9. The Labute approximate surface area is 157 Å². The van der Waals surface area contributed by atoms with Crippen molar-refractivity contribution >= 4 is 32.8 Å². The average molecular weight is 388 g/mol. The summed E-state index contributed by atoms with van der Waals surface area (Å²) >= 11 is 0. The first-order valence-electron chi connectivity index (χ1n) is 8.34. The lowest BCUT2D eigenvalue weighted by Crippen LogP contribution is -2.22. The summed E-state index contributed by atoms with van der Waals surface area (Å²) in [4.78, 5) is 16.2. The van der Waals surface area contributed by atoms with Gasteiger partial charge < -0.3 is 5.32 Å². The number of hydrogen-bond donors (Lipinski definition) is 1. The van der Waals surface area contributed by atoms with Crippen molar-refractivity contribution in [3.8, 4) is 0 Å². The molecule has 0 radical (unpaired) electrons. The van der Waals surface area contributed by atoms with E-state index in [0.29, 0.717) is 30.7 Å². The molecule has 1 amide bonds. The second kappa shape index (κ2) is 7.80. The molecule has 0 aliphatic heterocycles. The Hall–Kier alpha value is -2.85. The summed E-state index contributed by atoms with van der Waals surface area (Å²) in [5.41, 5.74) is 1.22. The quantitative estimate of drug-likeness (QED) is 0.657. The summed E-state index contributed by atoms with van der Waals surface area (Å²) < 4.78 is 27.2. The van der Waals surface area contributed by atoms with Crippen molar-refractivity contribution in [2.75, 3.05) is 19.4 Å². The molecule has 10 heteroatoms. The number of fused-ring (bicyclic) bond motifs is 1. The molecule has 142 valence electrons. The predicted octanol–water partition coefficient (Wildman–Crippen LogP) is 1.50. The average Bonchev–Trinajstić information content (AvgIpc) is 3.05. The third-order valence-corrected chi connectivity index (χ3v) is 5.78. The first-order chi connectivity index (χ1) is 12.9. The molecule has 3 rings (SSSR count). The molecule has 0 atom stereocenters. The maximum Gasteiger partial charge on any atom is 0.242 e. The summed E-state index contributed by atoms with van der Waals surface area (Å²) in [6, 6.07) is 10.0. The number of benzene rings is 1. The number of pyridine rings is 1. The van der Waals surface area contributed by atoms with Gasteiger partial charge in [-0.2, -0.15) is 0 Å². The van der Waals surface area contributed by atoms with Gasteiger partial charge >= 0.3 is 0 Å². The van der Waals surface area contributed by atoms with Crippen molar-refractivity contribution in [1.82, 2.24) is 24.3 Å². The maximum absolute atomic E-state index is 12.2. The molecule has 0 bridgehead atoms. The predicted molar refractivity (Wildman–Crippen MR) is 101 cm³/mol. The van der Waals surface area contributed by atoms with Crippen LogP contribution in [0, 0.1) is 0 Å². The van der Waals surface area contributed by atoms with Gasteiger partial charge in [-0.05, 0) is 36.8 Å². The molecule has 0 saturated heterocycles. The van der Waals surface area contributed by atoms with E-state index in [2.05, 4.69) is 20.6 Å². The zero-order chi connectivity index (χ0) is 19.4. The largest absolute Gasteiger partial charge is 0.311 e. The van der Waals surface area contributed by atoms with Gasteiger partial charge in [-0.3, -0.25) is 4.79 Å². The van der Waals surface area contributed by atoms with Gasteiger partial charge in [0, 0.05) is 33.3 Å². The number of carbonyl (C=O) groups excluding carboxylic acids is 1. The van der Waals surface area contributed by atoms with Crippen LogP contribution < -0.4 is 5.32 Å². The monoisotopic (exact) mass is 388 g/mol. The maximum atomic E-state index is 12.2. The second-order valence-corrected chi connectivity index (χ2v) is 8.27. The molecule has 0 saturated carbocycles. The number of aromatic nitrogens is 4. The fourth-order valence-electron chi connectivity index (χ4n) is 2.52. The van der Waals surface area contributed by atoms with Crippen molar-refractivity contribution in [2.45, 2.75) is 24.3 Å². The van der Waals surface area contributed by atoms with Gasteiger partial charge in [-0.15, -0.1) is 5.10 Å². The van der Waals surface area contributed by atoms with E-state index in [-0.39, 0.29) is 10.8 Å². The summed E-state index contributed by atoms with van der Waals surface area (Å²) in [7, 11) is -0.562. The van der Waals surface area contributed by atoms with Crippen LogP contribution in [0.2, 0.25) is 0 Å². The highest BCUT2D eigenvalue weighted by Crippen LogP contribution is 2.19. The normalized spacial score (nSPS) is 11.8. The standard InChI is InChI=1S/C17H20N6O3S/c1-22(2)27(25,26)13-8-9-15-14(12-13)20-21-23(15)11-5-7-17(24)19-16-6-3-4-10-18-16/h3-4,6,8-10,12H,5,7,11H2,1-2H3,(H,18,19,24). The Bertz CT molecular complexity index is 1050. The van der Waals surface area contributed by atoms with Gasteiger partial charge in [0.15, 0.2) is 0 Å². The summed E-state index contributed by atoms with van der Waals surface area (Å²) in [5.74, 6) is 0.390. The minimum atomic E-state index is -3.52. The Balaban J connectivity index is 1.63. The number of aryl methyl sites for hydroxylation is 1. The van der Waals surface area contributed by atoms with Crippen LogP contribution >= 0.6 is 0 Å². The molecule has 1 aromatic carbocycles. The molecule has 0 fully saturated rings. The van der Waals surface area contributed by atoms with Gasteiger partial charge in [0.25, 0.3) is 0 Å². The molecule has 0 spiro atoms. The number of sulfonamides is 1. The molecule has 2 aromatic heterocycles. The highest BCUT2D eigenvalue weighted by molar-refractivity contribution is 7.89. The number of anilines is 1. The lowest BCUT2D eigenvalue weighted by atomic mass is 10.2. The van der Waals surface area contributed by atoms with Crippen molar-refractivity contribution < 1.29 is 13.2 Å². The van der Waals surface area contributed by atoms with E-state index < -0.39 is 10.0 Å². The van der Waals surface area contributed by atoms with Crippen molar-refractivity contribution in [1.29, 1.82) is 0 Å². The van der Waals surface area contributed by atoms with Crippen molar-refractivity contribution in [3.05, 3.63) is 42.6 Å². The van der Waals surface area contributed by atoms with E-state index in [9.17, 15) is 13.2 Å². The smallest absolute Gasteiger partial charge is 0.242 e. The molecule has 27 heavy (non-hydrogen) atoms. The lowest BCUT2D eigenvalue weighted by molar-refractivity contribution is -0.116. The van der Waals surface area contributed by atoms with Crippen LogP contribution in [0.15, 0.2) is 47.5 Å². The van der Waals surface area contributed by atoms with E-state index in [1.165, 1.54) is 26.2 Å². The van der Waals surface area contributed by atoms with Gasteiger partial charge in [0.2, 0.25) is 15.9 Å². The fraction of sp³-hybridized carbons (Fsp3) is 0.294. The Morgan fingerprint density at radius 2 is 2.04 bits per heavy atom. The van der Waals surface area contributed by atoms with Crippen LogP contribution in [-0.4, -0.2) is 52.7 Å². The highest BCUT2D eigenvalue weighted by atomic mass is 32.2. The van der Waals surface area contributed by atoms with E-state index in [4.69, 9.17) is 0 Å². The number of rotatable bonds is 7. The first-order valence-corrected chi connectivity index (χ1v) is 9.78. The van der Waals surface area contributed by atoms with Crippen LogP contribution in [0.25, 0.3) is 11.0 Å². The minimum Gasteiger partial charge on any atom is -0.311 e. The number of hydrogen-bond acceptors (Lipinski definition) is 6. The van der Waals surface area contributed by atoms with E-state index in [1.807, 2.05) is 0 Å². The summed E-state index contributed by atoms with van der Waals surface area (Å²) in [5, 5.41) is 10.8. The molecule has 0 aliphatic rings. The number of nitrogens with zero attached hydrogens (tertiary/aromatic N) is 5. The van der Waals surface area contributed by atoms with Crippen LogP contribution in [0.3, 0.4) is 0 Å². The van der Waals surface area contributed by atoms with Crippen LogP contribution in [-0.2, 0) is 21.4 Å². The highest BCUT2D eigenvalue weighted by Gasteiger charge is 2.18. The van der Waals surface area contributed by atoms with E-state index in [0.717, 1.165) is 9.82 Å². The summed E-state index contributed by atoms with van der Waals surface area (Å²) in [6.45, 7) is 0.492. The van der Waals surface area contributed by atoms with E-state index >= 15 is 0 Å². The van der Waals surface area contributed by atoms with Crippen molar-refractivity contribution in [3.63, 3.8) is 0 Å². The summed E-state index contributed by atoms with van der Waals surface area (Å²) in [6.07, 6.45) is 2.49. The number of carbonyl (C=O) groups is 1. The zero-order valence-corrected chi connectivity index (χ0v) is 15.8. The number of nitrogens with one attached hydrogen (secondary N) is 1.